The number of fused-ring (bicyclic) bond motifs is 11. The summed E-state index contributed by atoms with van der Waals surface area (Å²) in [6, 6.07) is 33.4. The lowest BCUT2D eigenvalue weighted by Crippen LogP contribution is -1.88. The number of benzene rings is 6. The Kier molecular flexibility index (Phi) is 2.90. The van der Waals surface area contributed by atoms with Crippen LogP contribution in [0.5, 0.6) is 0 Å². The number of rotatable bonds is 0. The summed E-state index contributed by atoms with van der Waals surface area (Å²) in [6.07, 6.45) is 0. The molecule has 0 bridgehead atoms. The summed E-state index contributed by atoms with van der Waals surface area (Å²) in [6.45, 7) is 2.18. The quantitative estimate of drug-likeness (QED) is 0.247. The maximum absolute atomic E-state index is 2.33. The minimum atomic E-state index is 1.30. The minimum Gasteiger partial charge on any atom is -0.0616 e. The lowest BCUT2D eigenvalue weighted by atomic mass is 9.87. The molecule has 6 aromatic carbocycles. The van der Waals surface area contributed by atoms with Crippen LogP contribution in [0, 0.1) is 6.92 Å². The molecule has 126 valence electrons. The van der Waals surface area contributed by atoms with Crippen molar-refractivity contribution in [2.45, 2.75) is 6.92 Å². The van der Waals surface area contributed by atoms with Crippen molar-refractivity contribution in [3.05, 3.63) is 96.6 Å². The molecule has 0 heteroatoms. The Morgan fingerprint density at radius 1 is 0.370 bits per heavy atom. The Bertz CT molecular complexity index is 1520. The van der Waals surface area contributed by atoms with Crippen LogP contribution in [-0.2, 0) is 0 Å². The van der Waals surface area contributed by atoms with E-state index in [1.165, 1.54) is 59.4 Å². The lowest BCUT2D eigenvalue weighted by molar-refractivity contribution is 1.51. The third-order valence-corrected chi connectivity index (χ3v) is 5.86. The Morgan fingerprint density at radius 2 is 0.741 bits per heavy atom. The fourth-order valence-corrected chi connectivity index (χ4v) is 4.74. The molecule has 0 nitrogen and oxygen atoms in total. The summed E-state index contributed by atoms with van der Waals surface area (Å²) in [5, 5.41) is 13.5. The summed E-state index contributed by atoms with van der Waals surface area (Å²) in [5.74, 6) is 0. The molecule has 0 N–H and O–H groups in total. The number of hydrogen-bond donors (Lipinski definition) is 0. The van der Waals surface area contributed by atoms with E-state index in [9.17, 15) is 0 Å². The van der Waals surface area contributed by atoms with E-state index in [0.717, 1.165) is 0 Å². The largest absolute Gasteiger partial charge is 0.0616 e. The molecule has 6 rings (SSSR count). The fourth-order valence-electron chi connectivity index (χ4n) is 4.74. The van der Waals surface area contributed by atoms with Crippen molar-refractivity contribution in [2.24, 2.45) is 0 Å². The molecule has 0 aliphatic carbocycles. The Labute approximate surface area is 157 Å². The van der Waals surface area contributed by atoms with Gasteiger partial charge in [0.25, 0.3) is 0 Å². The highest BCUT2D eigenvalue weighted by atomic mass is 14.2. The highest BCUT2D eigenvalue weighted by Gasteiger charge is 2.15. The molecule has 0 fully saturated rings. The molecule has 6 aromatic rings. The van der Waals surface area contributed by atoms with Gasteiger partial charge in [0.2, 0.25) is 0 Å². The Balaban J connectivity index is 2.12. The second-order valence-corrected chi connectivity index (χ2v) is 7.44. The molecule has 0 aliphatic heterocycles. The van der Waals surface area contributed by atoms with Crippen LogP contribution in [0.4, 0.5) is 0 Å². The van der Waals surface area contributed by atoms with Gasteiger partial charge in [0, 0.05) is 0 Å². The minimum absolute atomic E-state index is 1.30. The van der Waals surface area contributed by atoms with E-state index in [1.807, 2.05) is 0 Å². The summed E-state index contributed by atoms with van der Waals surface area (Å²) < 4.78 is 0. The first kappa shape index (κ1) is 14.8. The number of aryl methyl sites for hydroxylation is 1. The summed E-state index contributed by atoms with van der Waals surface area (Å²) in [7, 11) is 0. The average Bonchev–Trinajstić information content (AvgIpc) is 2.73. The topological polar surface area (TPSA) is 0 Å². The molecular formula is C27H18. The highest BCUT2D eigenvalue weighted by Crippen LogP contribution is 2.43. The number of hydrogen-bond acceptors (Lipinski definition) is 0. The van der Waals surface area contributed by atoms with Crippen molar-refractivity contribution in [3.63, 3.8) is 0 Å². The van der Waals surface area contributed by atoms with Crippen LogP contribution in [0.3, 0.4) is 0 Å². The normalized spacial score (nSPS) is 11.9. The first-order chi connectivity index (χ1) is 13.3. The molecular weight excluding hydrogens is 324 g/mol. The zero-order valence-corrected chi connectivity index (χ0v) is 15.2. The molecule has 0 heterocycles. The zero-order chi connectivity index (χ0) is 18.0. The fraction of sp³-hybridized carbons (Fsp3) is 0.0370. The standard InChI is InChI=1S/C27H18/c1-17-14-15-24-25(16-17)20-10-4-7-13-23(20)26-21-11-5-2-8-18(21)19-9-3-6-12-22(19)27(24)26/h2-16H,1H3. The molecule has 27 heavy (non-hydrogen) atoms. The van der Waals surface area contributed by atoms with Crippen molar-refractivity contribution in [1.29, 1.82) is 0 Å². The van der Waals surface area contributed by atoms with Crippen molar-refractivity contribution < 1.29 is 0 Å². The van der Waals surface area contributed by atoms with E-state index in [2.05, 4.69) is 97.9 Å². The van der Waals surface area contributed by atoms with E-state index in [4.69, 9.17) is 0 Å². The van der Waals surface area contributed by atoms with E-state index >= 15 is 0 Å². The van der Waals surface area contributed by atoms with Crippen molar-refractivity contribution in [1.82, 2.24) is 0 Å². The van der Waals surface area contributed by atoms with Crippen molar-refractivity contribution >= 4 is 53.9 Å². The molecule has 0 aromatic heterocycles. The van der Waals surface area contributed by atoms with Crippen LogP contribution in [-0.4, -0.2) is 0 Å². The van der Waals surface area contributed by atoms with E-state index in [-0.39, 0.29) is 0 Å². The van der Waals surface area contributed by atoms with Gasteiger partial charge >= 0.3 is 0 Å². The van der Waals surface area contributed by atoms with Crippen molar-refractivity contribution in [3.8, 4) is 0 Å². The highest BCUT2D eigenvalue weighted by molar-refractivity contribution is 6.39. The third kappa shape index (κ3) is 1.93. The van der Waals surface area contributed by atoms with Crippen LogP contribution in [0.15, 0.2) is 91.0 Å². The van der Waals surface area contributed by atoms with Crippen LogP contribution in [0.25, 0.3) is 53.9 Å². The van der Waals surface area contributed by atoms with Gasteiger partial charge in [-0.2, -0.15) is 0 Å². The van der Waals surface area contributed by atoms with Gasteiger partial charge in [0.1, 0.15) is 0 Å². The van der Waals surface area contributed by atoms with E-state index in [0.29, 0.717) is 0 Å². The average molecular weight is 342 g/mol. The van der Waals surface area contributed by atoms with Gasteiger partial charge in [-0.05, 0) is 60.8 Å². The van der Waals surface area contributed by atoms with E-state index in [1.54, 1.807) is 0 Å². The predicted octanol–water partition coefficient (Wildman–Crippen LogP) is 7.76. The molecule has 0 saturated heterocycles. The summed E-state index contributed by atoms with van der Waals surface area (Å²) in [4.78, 5) is 0. The van der Waals surface area contributed by atoms with Gasteiger partial charge in [-0.3, -0.25) is 0 Å². The van der Waals surface area contributed by atoms with Crippen LogP contribution < -0.4 is 0 Å². The molecule has 0 saturated carbocycles. The van der Waals surface area contributed by atoms with Crippen LogP contribution in [0.1, 0.15) is 5.56 Å². The third-order valence-electron chi connectivity index (χ3n) is 5.86. The molecule has 0 spiro atoms. The van der Waals surface area contributed by atoms with Crippen molar-refractivity contribution in [2.75, 3.05) is 0 Å². The summed E-state index contributed by atoms with van der Waals surface area (Å²) in [5.41, 5.74) is 1.30. The van der Waals surface area contributed by atoms with Gasteiger partial charge in [-0.15, -0.1) is 0 Å². The Hall–Kier alpha value is -3.38. The monoisotopic (exact) mass is 342 g/mol. The van der Waals surface area contributed by atoms with Gasteiger partial charge in [0.15, 0.2) is 0 Å². The molecule has 0 atom stereocenters. The lowest BCUT2D eigenvalue weighted by Gasteiger charge is -2.16. The molecule has 0 aliphatic rings. The second-order valence-electron chi connectivity index (χ2n) is 7.44. The van der Waals surface area contributed by atoms with Gasteiger partial charge in [0.05, 0.1) is 0 Å². The molecule has 0 unspecified atom stereocenters. The summed E-state index contributed by atoms with van der Waals surface area (Å²) >= 11 is 0. The predicted molar refractivity (Wildman–Crippen MR) is 119 cm³/mol. The van der Waals surface area contributed by atoms with Gasteiger partial charge < -0.3 is 0 Å². The van der Waals surface area contributed by atoms with E-state index < -0.39 is 0 Å². The Morgan fingerprint density at radius 3 is 1.22 bits per heavy atom. The van der Waals surface area contributed by atoms with Crippen LogP contribution in [0.2, 0.25) is 0 Å². The first-order valence-electron chi connectivity index (χ1n) is 9.47. The molecule has 0 radical (unpaired) electrons. The van der Waals surface area contributed by atoms with Crippen LogP contribution >= 0.6 is 0 Å². The second kappa shape index (κ2) is 5.31. The molecule has 0 amide bonds. The van der Waals surface area contributed by atoms with Gasteiger partial charge in [-0.25, -0.2) is 0 Å². The zero-order valence-electron chi connectivity index (χ0n) is 15.2. The smallest absolute Gasteiger partial charge is 0.00139 e. The maximum atomic E-state index is 2.33. The van der Waals surface area contributed by atoms with Gasteiger partial charge in [-0.1, -0.05) is 96.6 Å². The maximum Gasteiger partial charge on any atom is -0.00139 e. The first-order valence-corrected chi connectivity index (χ1v) is 9.47. The SMILES string of the molecule is Cc1ccc2c(c1)c1ccccc1c1c3ccccc3c3ccccc3c21.